The fourth-order valence-corrected chi connectivity index (χ4v) is 2.52. The van der Waals surface area contributed by atoms with Crippen molar-refractivity contribution in [3.63, 3.8) is 0 Å². The van der Waals surface area contributed by atoms with Crippen molar-refractivity contribution < 1.29 is 13.2 Å². The molecule has 1 fully saturated rings. The molecule has 6 nitrogen and oxygen atoms in total. The third kappa shape index (κ3) is 2.66. The van der Waals surface area contributed by atoms with Crippen molar-refractivity contribution in [3.8, 4) is 0 Å². The molecule has 0 aromatic heterocycles. The molecule has 0 radical (unpaired) electrons. The normalized spacial score (nSPS) is 21.8. The predicted molar refractivity (Wildman–Crippen MR) is 52.7 cm³/mol. The van der Waals surface area contributed by atoms with E-state index in [2.05, 4.69) is 4.72 Å². The van der Waals surface area contributed by atoms with Gasteiger partial charge in [0.1, 0.15) is 5.84 Å². The molecule has 0 aromatic carbocycles. The van der Waals surface area contributed by atoms with Gasteiger partial charge in [0, 0.05) is 13.2 Å². The molecular weight excluding hydrogens is 206 g/mol. The highest BCUT2D eigenvalue weighted by molar-refractivity contribution is 7.88. The fraction of sp³-hybridized carbons (Fsp3) is 0.857. The minimum absolute atomic E-state index is 0.147. The van der Waals surface area contributed by atoms with Gasteiger partial charge in [-0.05, 0) is 12.8 Å². The van der Waals surface area contributed by atoms with Crippen molar-refractivity contribution in [3.05, 3.63) is 0 Å². The smallest absolute Gasteiger partial charge is 0.209 e. The first-order valence-corrected chi connectivity index (χ1v) is 6.16. The van der Waals surface area contributed by atoms with Gasteiger partial charge < -0.3 is 10.5 Å². The first-order valence-electron chi connectivity index (χ1n) is 4.27. The highest BCUT2D eigenvalue weighted by Crippen LogP contribution is 2.21. The van der Waals surface area contributed by atoms with Crippen LogP contribution in [-0.4, -0.2) is 39.3 Å². The minimum Gasteiger partial charge on any atom is -0.386 e. The van der Waals surface area contributed by atoms with Gasteiger partial charge in [-0.3, -0.25) is 5.41 Å². The maximum atomic E-state index is 11.1. The first-order chi connectivity index (χ1) is 6.36. The third-order valence-corrected chi connectivity index (χ3v) is 3.00. The van der Waals surface area contributed by atoms with Gasteiger partial charge in [-0.25, -0.2) is 13.1 Å². The van der Waals surface area contributed by atoms with Crippen LogP contribution in [-0.2, 0) is 14.8 Å². The van der Waals surface area contributed by atoms with E-state index in [-0.39, 0.29) is 5.84 Å². The van der Waals surface area contributed by atoms with Crippen LogP contribution >= 0.6 is 0 Å². The molecule has 0 saturated carbocycles. The zero-order valence-corrected chi connectivity index (χ0v) is 8.86. The summed E-state index contributed by atoms with van der Waals surface area (Å²) >= 11 is 0. The Bertz CT molecular complexity index is 319. The van der Waals surface area contributed by atoms with Gasteiger partial charge in [0.15, 0.2) is 0 Å². The molecule has 82 valence electrons. The van der Waals surface area contributed by atoms with Crippen LogP contribution in [0.2, 0.25) is 0 Å². The van der Waals surface area contributed by atoms with Crippen molar-refractivity contribution in [2.24, 2.45) is 5.73 Å². The van der Waals surface area contributed by atoms with Crippen LogP contribution in [0.3, 0.4) is 0 Å². The number of hydrogen-bond acceptors (Lipinski definition) is 4. The Balaban J connectivity index is 2.87. The van der Waals surface area contributed by atoms with Crippen LogP contribution in [0.5, 0.6) is 0 Å². The highest BCUT2D eigenvalue weighted by atomic mass is 32.2. The summed E-state index contributed by atoms with van der Waals surface area (Å²) < 4.78 is 29.7. The second-order valence-corrected chi connectivity index (χ2v) is 5.23. The summed E-state index contributed by atoms with van der Waals surface area (Å²) in [7, 11) is -3.35. The largest absolute Gasteiger partial charge is 0.386 e. The average Bonchev–Trinajstić information content (AvgIpc) is 2.02. The van der Waals surface area contributed by atoms with Crippen LogP contribution in [0.25, 0.3) is 0 Å². The van der Waals surface area contributed by atoms with Gasteiger partial charge in [-0.1, -0.05) is 0 Å². The van der Waals surface area contributed by atoms with Crippen molar-refractivity contribution in [2.45, 2.75) is 18.4 Å². The molecule has 1 aliphatic heterocycles. The van der Waals surface area contributed by atoms with Gasteiger partial charge in [0.2, 0.25) is 10.0 Å². The molecule has 0 aromatic rings. The second-order valence-electron chi connectivity index (χ2n) is 3.48. The molecule has 1 saturated heterocycles. The number of ether oxygens (including phenoxy) is 1. The van der Waals surface area contributed by atoms with E-state index >= 15 is 0 Å². The number of hydrogen-bond donors (Lipinski definition) is 3. The van der Waals surface area contributed by atoms with E-state index in [9.17, 15) is 8.42 Å². The van der Waals surface area contributed by atoms with E-state index in [0.29, 0.717) is 26.1 Å². The highest BCUT2D eigenvalue weighted by Gasteiger charge is 2.38. The molecule has 14 heavy (non-hydrogen) atoms. The minimum atomic E-state index is -3.35. The molecule has 0 aliphatic carbocycles. The Morgan fingerprint density at radius 2 is 2.00 bits per heavy atom. The number of nitrogens with two attached hydrogens (primary N) is 1. The third-order valence-electron chi connectivity index (χ3n) is 2.24. The molecule has 0 bridgehead atoms. The lowest BCUT2D eigenvalue weighted by atomic mass is 9.90. The van der Waals surface area contributed by atoms with E-state index in [1.807, 2.05) is 0 Å². The zero-order valence-electron chi connectivity index (χ0n) is 8.04. The number of sulfonamides is 1. The van der Waals surface area contributed by atoms with E-state index in [1.54, 1.807) is 0 Å². The average molecular weight is 221 g/mol. The summed E-state index contributed by atoms with van der Waals surface area (Å²) in [6.07, 6.45) is 1.89. The van der Waals surface area contributed by atoms with Gasteiger partial charge in [-0.15, -0.1) is 0 Å². The molecule has 7 heteroatoms. The molecular formula is C7H15N3O3S. The van der Waals surface area contributed by atoms with E-state index < -0.39 is 15.6 Å². The molecule has 1 heterocycles. The van der Waals surface area contributed by atoms with Crippen molar-refractivity contribution in [1.82, 2.24) is 4.72 Å². The molecule has 0 unspecified atom stereocenters. The Labute approximate surface area is 83.4 Å². The second kappa shape index (κ2) is 3.84. The number of rotatable bonds is 3. The first kappa shape index (κ1) is 11.4. The molecule has 0 atom stereocenters. The Morgan fingerprint density at radius 1 is 1.50 bits per heavy atom. The Hall–Kier alpha value is -0.660. The zero-order chi connectivity index (χ0) is 10.8. The van der Waals surface area contributed by atoms with Gasteiger partial charge in [0.25, 0.3) is 0 Å². The van der Waals surface area contributed by atoms with Gasteiger partial charge in [0.05, 0.1) is 11.8 Å². The van der Waals surface area contributed by atoms with Crippen molar-refractivity contribution in [1.29, 1.82) is 5.41 Å². The van der Waals surface area contributed by atoms with Crippen LogP contribution in [0, 0.1) is 5.41 Å². The number of nitrogens with one attached hydrogen (secondary N) is 2. The summed E-state index contributed by atoms with van der Waals surface area (Å²) in [6.45, 7) is 0.837. The standard InChI is InChI=1S/C7H15N3O3S/c1-14(11,12)10-7(6(8)9)2-4-13-5-3-7/h10H,2-5H2,1H3,(H3,8,9). The maximum Gasteiger partial charge on any atom is 0.209 e. The summed E-state index contributed by atoms with van der Waals surface area (Å²) in [5.74, 6) is -0.147. The molecule has 4 N–H and O–H groups in total. The van der Waals surface area contributed by atoms with E-state index in [1.165, 1.54) is 0 Å². The summed E-state index contributed by atoms with van der Waals surface area (Å²) in [5.41, 5.74) is 4.47. The molecule has 0 amide bonds. The lowest BCUT2D eigenvalue weighted by Crippen LogP contribution is -2.59. The fourth-order valence-electron chi connectivity index (χ4n) is 1.50. The summed E-state index contributed by atoms with van der Waals surface area (Å²) in [6, 6.07) is 0. The summed E-state index contributed by atoms with van der Waals surface area (Å²) in [4.78, 5) is 0. The molecule has 1 rings (SSSR count). The molecule has 1 aliphatic rings. The quantitative estimate of drug-likeness (QED) is 0.421. The SMILES string of the molecule is CS(=O)(=O)NC1(C(=N)N)CCOCC1. The molecule has 0 spiro atoms. The van der Waals surface area contributed by atoms with Gasteiger partial charge in [-0.2, -0.15) is 0 Å². The maximum absolute atomic E-state index is 11.1. The van der Waals surface area contributed by atoms with Crippen LogP contribution < -0.4 is 10.5 Å². The van der Waals surface area contributed by atoms with Crippen molar-refractivity contribution in [2.75, 3.05) is 19.5 Å². The number of amidine groups is 1. The van der Waals surface area contributed by atoms with Gasteiger partial charge >= 0.3 is 0 Å². The lowest BCUT2D eigenvalue weighted by Gasteiger charge is -2.35. The predicted octanol–water partition coefficient (Wildman–Crippen LogP) is -0.979. The van der Waals surface area contributed by atoms with Crippen molar-refractivity contribution >= 4 is 15.9 Å². The Kier molecular flexibility index (Phi) is 3.13. The van der Waals surface area contributed by atoms with Crippen LogP contribution in [0.1, 0.15) is 12.8 Å². The summed E-state index contributed by atoms with van der Waals surface area (Å²) in [5, 5.41) is 7.41. The van der Waals surface area contributed by atoms with E-state index in [0.717, 1.165) is 6.26 Å². The van der Waals surface area contributed by atoms with Crippen LogP contribution in [0.4, 0.5) is 0 Å². The van der Waals surface area contributed by atoms with E-state index in [4.69, 9.17) is 15.9 Å². The Morgan fingerprint density at radius 3 is 2.36 bits per heavy atom. The monoisotopic (exact) mass is 221 g/mol. The lowest BCUT2D eigenvalue weighted by molar-refractivity contribution is 0.0680. The van der Waals surface area contributed by atoms with Crippen LogP contribution in [0.15, 0.2) is 0 Å². The topological polar surface area (TPSA) is 105 Å².